The first-order valence-electron chi connectivity index (χ1n) is 4.56. The minimum Gasteiger partial charge on any atom is -0.436 e. The molecule has 0 aliphatic carbocycles. The summed E-state index contributed by atoms with van der Waals surface area (Å²) in [6.07, 6.45) is 3.03. The zero-order valence-corrected chi connectivity index (χ0v) is 10.8. The molecule has 1 aromatic carbocycles. The van der Waals surface area contributed by atoms with Gasteiger partial charge in [0.1, 0.15) is 12.1 Å². The molecule has 0 aliphatic heterocycles. The summed E-state index contributed by atoms with van der Waals surface area (Å²) in [7, 11) is 0. The molecular formula is C11H8BrClN2O. The highest BCUT2D eigenvalue weighted by Gasteiger charge is 2.07. The van der Waals surface area contributed by atoms with E-state index in [-0.39, 0.29) is 0 Å². The van der Waals surface area contributed by atoms with E-state index in [0.29, 0.717) is 21.1 Å². The molecule has 0 saturated heterocycles. The highest BCUT2D eigenvalue weighted by Crippen LogP contribution is 2.31. The number of benzene rings is 1. The van der Waals surface area contributed by atoms with Crippen molar-refractivity contribution in [2.75, 3.05) is 0 Å². The Bertz CT molecular complexity index is 519. The Labute approximate surface area is 107 Å². The van der Waals surface area contributed by atoms with Gasteiger partial charge in [-0.1, -0.05) is 17.7 Å². The zero-order chi connectivity index (χ0) is 11.5. The van der Waals surface area contributed by atoms with E-state index in [1.807, 2.05) is 25.1 Å². The fourth-order valence-electron chi connectivity index (χ4n) is 1.17. The highest BCUT2D eigenvalue weighted by atomic mass is 79.9. The van der Waals surface area contributed by atoms with Gasteiger partial charge in [0.05, 0.1) is 9.50 Å². The third-order valence-corrected chi connectivity index (χ3v) is 2.77. The monoisotopic (exact) mass is 298 g/mol. The van der Waals surface area contributed by atoms with Gasteiger partial charge in [0.15, 0.2) is 0 Å². The second kappa shape index (κ2) is 4.80. The van der Waals surface area contributed by atoms with Crippen LogP contribution in [-0.2, 0) is 0 Å². The molecule has 1 heterocycles. The van der Waals surface area contributed by atoms with Gasteiger partial charge < -0.3 is 4.74 Å². The van der Waals surface area contributed by atoms with E-state index in [0.717, 1.165) is 5.56 Å². The van der Waals surface area contributed by atoms with E-state index < -0.39 is 0 Å². The summed E-state index contributed by atoms with van der Waals surface area (Å²) in [5.41, 5.74) is 1.08. The fourth-order valence-corrected chi connectivity index (χ4v) is 1.74. The van der Waals surface area contributed by atoms with Crippen molar-refractivity contribution in [1.29, 1.82) is 0 Å². The SMILES string of the molecule is Cc1ccc(Oc2ncncc2Br)c(Cl)c1. The number of aryl methyl sites for hydroxylation is 1. The largest absolute Gasteiger partial charge is 0.436 e. The number of halogens is 2. The van der Waals surface area contributed by atoms with Crippen LogP contribution in [-0.4, -0.2) is 9.97 Å². The third-order valence-electron chi connectivity index (χ3n) is 1.93. The maximum Gasteiger partial charge on any atom is 0.236 e. The van der Waals surface area contributed by atoms with Crippen molar-refractivity contribution in [3.63, 3.8) is 0 Å². The Balaban J connectivity index is 2.31. The van der Waals surface area contributed by atoms with Gasteiger partial charge in [-0.05, 0) is 40.5 Å². The standard InChI is InChI=1S/C11H8BrClN2O/c1-7-2-3-10(9(13)4-7)16-11-8(12)5-14-6-15-11/h2-6H,1H3. The summed E-state index contributed by atoms with van der Waals surface area (Å²) in [4.78, 5) is 7.85. The molecule has 1 aromatic heterocycles. The van der Waals surface area contributed by atoms with Gasteiger partial charge in [0, 0.05) is 6.20 Å². The second-order valence-corrected chi connectivity index (χ2v) is 4.47. The Morgan fingerprint density at radius 3 is 2.88 bits per heavy atom. The molecule has 0 bridgehead atoms. The number of hydrogen-bond acceptors (Lipinski definition) is 3. The lowest BCUT2D eigenvalue weighted by atomic mass is 10.2. The summed E-state index contributed by atoms with van der Waals surface area (Å²) < 4.78 is 6.25. The van der Waals surface area contributed by atoms with Crippen molar-refractivity contribution in [1.82, 2.24) is 9.97 Å². The van der Waals surface area contributed by atoms with Crippen LogP contribution in [0.25, 0.3) is 0 Å². The molecule has 0 N–H and O–H groups in total. The molecule has 0 saturated carbocycles. The van der Waals surface area contributed by atoms with Crippen molar-refractivity contribution in [3.05, 3.63) is 45.8 Å². The van der Waals surface area contributed by atoms with Crippen LogP contribution in [0.1, 0.15) is 5.56 Å². The molecule has 0 fully saturated rings. The van der Waals surface area contributed by atoms with Gasteiger partial charge in [-0.15, -0.1) is 0 Å². The van der Waals surface area contributed by atoms with E-state index >= 15 is 0 Å². The Kier molecular flexibility index (Phi) is 3.41. The number of nitrogens with zero attached hydrogens (tertiary/aromatic N) is 2. The van der Waals surface area contributed by atoms with Crippen molar-refractivity contribution >= 4 is 27.5 Å². The number of rotatable bonds is 2. The molecule has 0 atom stereocenters. The van der Waals surface area contributed by atoms with E-state index in [4.69, 9.17) is 16.3 Å². The lowest BCUT2D eigenvalue weighted by Gasteiger charge is -2.07. The molecular weight excluding hydrogens is 291 g/mol. The first kappa shape index (κ1) is 11.4. The lowest BCUT2D eigenvalue weighted by molar-refractivity contribution is 0.458. The molecule has 5 heteroatoms. The molecule has 0 aliphatic rings. The van der Waals surface area contributed by atoms with Gasteiger partial charge in [-0.2, -0.15) is 0 Å². The van der Waals surface area contributed by atoms with E-state index in [2.05, 4.69) is 25.9 Å². The molecule has 2 rings (SSSR count). The molecule has 82 valence electrons. The van der Waals surface area contributed by atoms with Crippen LogP contribution >= 0.6 is 27.5 Å². The molecule has 2 aromatic rings. The number of aromatic nitrogens is 2. The first-order valence-corrected chi connectivity index (χ1v) is 5.73. The summed E-state index contributed by atoms with van der Waals surface area (Å²) in [6, 6.07) is 5.58. The predicted molar refractivity (Wildman–Crippen MR) is 66.0 cm³/mol. The minimum atomic E-state index is 0.445. The second-order valence-electron chi connectivity index (χ2n) is 3.21. The normalized spacial score (nSPS) is 10.2. The predicted octanol–water partition coefficient (Wildman–Crippen LogP) is 3.99. The van der Waals surface area contributed by atoms with Crippen LogP contribution < -0.4 is 4.74 Å². The number of hydrogen-bond donors (Lipinski definition) is 0. The quantitative estimate of drug-likeness (QED) is 0.841. The summed E-state index contributed by atoms with van der Waals surface area (Å²) in [6.45, 7) is 1.97. The van der Waals surface area contributed by atoms with E-state index in [1.54, 1.807) is 6.20 Å². The van der Waals surface area contributed by atoms with Crippen LogP contribution in [0.3, 0.4) is 0 Å². The van der Waals surface area contributed by atoms with Crippen molar-refractivity contribution < 1.29 is 4.74 Å². The van der Waals surface area contributed by atoms with Crippen LogP contribution in [0.4, 0.5) is 0 Å². The summed E-state index contributed by atoms with van der Waals surface area (Å²) in [5, 5.41) is 0.561. The smallest absolute Gasteiger partial charge is 0.236 e. The first-order chi connectivity index (χ1) is 7.66. The summed E-state index contributed by atoms with van der Waals surface area (Å²) >= 11 is 9.35. The maximum atomic E-state index is 6.05. The van der Waals surface area contributed by atoms with Crippen LogP contribution in [0, 0.1) is 6.92 Å². The molecule has 0 radical (unpaired) electrons. The van der Waals surface area contributed by atoms with E-state index in [1.165, 1.54) is 6.33 Å². The average molecular weight is 300 g/mol. The van der Waals surface area contributed by atoms with Crippen molar-refractivity contribution in [3.8, 4) is 11.6 Å². The molecule has 0 amide bonds. The molecule has 0 unspecified atom stereocenters. The van der Waals surface area contributed by atoms with Gasteiger partial charge in [-0.3, -0.25) is 0 Å². The van der Waals surface area contributed by atoms with E-state index in [9.17, 15) is 0 Å². The van der Waals surface area contributed by atoms with Crippen LogP contribution in [0.2, 0.25) is 5.02 Å². The van der Waals surface area contributed by atoms with Crippen molar-refractivity contribution in [2.45, 2.75) is 6.92 Å². The lowest BCUT2D eigenvalue weighted by Crippen LogP contribution is -1.90. The molecule has 0 spiro atoms. The van der Waals surface area contributed by atoms with Gasteiger partial charge in [0.25, 0.3) is 0 Å². The Hall–Kier alpha value is -1.13. The molecule has 16 heavy (non-hydrogen) atoms. The summed E-state index contributed by atoms with van der Waals surface area (Å²) in [5.74, 6) is 1.02. The highest BCUT2D eigenvalue weighted by molar-refractivity contribution is 9.10. The van der Waals surface area contributed by atoms with Gasteiger partial charge in [0.2, 0.25) is 5.88 Å². The molecule has 3 nitrogen and oxygen atoms in total. The van der Waals surface area contributed by atoms with Crippen LogP contribution in [0.5, 0.6) is 11.6 Å². The average Bonchev–Trinajstić information content (AvgIpc) is 2.25. The maximum absolute atomic E-state index is 6.05. The zero-order valence-electron chi connectivity index (χ0n) is 8.45. The van der Waals surface area contributed by atoms with Gasteiger partial charge >= 0.3 is 0 Å². The minimum absolute atomic E-state index is 0.445. The van der Waals surface area contributed by atoms with Crippen LogP contribution in [0.15, 0.2) is 35.2 Å². The van der Waals surface area contributed by atoms with Crippen molar-refractivity contribution in [2.24, 2.45) is 0 Å². The Morgan fingerprint density at radius 2 is 2.19 bits per heavy atom. The Morgan fingerprint density at radius 1 is 1.38 bits per heavy atom. The fraction of sp³-hybridized carbons (Fsp3) is 0.0909. The topological polar surface area (TPSA) is 35.0 Å². The third kappa shape index (κ3) is 2.51. The number of ether oxygens (including phenoxy) is 1. The van der Waals surface area contributed by atoms with Gasteiger partial charge in [-0.25, -0.2) is 9.97 Å².